The Kier molecular flexibility index (Phi) is 1.61. The number of alkyl carbamates (subject to hydrolysis) is 1. The summed E-state index contributed by atoms with van der Waals surface area (Å²) in [6, 6.07) is 0. The summed E-state index contributed by atoms with van der Waals surface area (Å²) in [4.78, 5) is 20.0. The SMILES string of the molecule is O=C(O)OC1CNC(=O)O1. The number of cyclic esters (lactones) is 1. The van der Waals surface area contributed by atoms with Gasteiger partial charge in [-0.25, -0.2) is 9.59 Å². The zero-order valence-corrected chi connectivity index (χ0v) is 4.86. The number of carbonyl (C=O) groups is 2. The Labute approximate surface area is 55.7 Å². The second kappa shape index (κ2) is 2.42. The highest BCUT2D eigenvalue weighted by molar-refractivity contribution is 5.69. The van der Waals surface area contributed by atoms with E-state index >= 15 is 0 Å². The van der Waals surface area contributed by atoms with Gasteiger partial charge in [-0.05, 0) is 0 Å². The summed E-state index contributed by atoms with van der Waals surface area (Å²) in [5, 5.41) is 10.2. The highest BCUT2D eigenvalue weighted by Crippen LogP contribution is 2.00. The van der Waals surface area contributed by atoms with Gasteiger partial charge in [-0.1, -0.05) is 0 Å². The van der Waals surface area contributed by atoms with E-state index in [0.29, 0.717) is 0 Å². The number of ether oxygens (including phenoxy) is 2. The summed E-state index contributed by atoms with van der Waals surface area (Å²) in [6.45, 7) is 0.0745. The quantitative estimate of drug-likeness (QED) is 0.499. The van der Waals surface area contributed by atoms with E-state index in [1.165, 1.54) is 0 Å². The van der Waals surface area contributed by atoms with Crippen molar-refractivity contribution in [3.63, 3.8) is 0 Å². The number of carbonyl (C=O) groups excluding carboxylic acids is 1. The molecule has 6 heteroatoms. The standard InChI is InChI=1S/C4H5NO5/c6-3-5-1-2(9-3)10-4(7)8/h2H,1H2,(H,5,6)(H,7,8). The van der Waals surface area contributed by atoms with Gasteiger partial charge in [0, 0.05) is 0 Å². The van der Waals surface area contributed by atoms with E-state index < -0.39 is 18.5 Å². The van der Waals surface area contributed by atoms with Crippen LogP contribution >= 0.6 is 0 Å². The highest BCUT2D eigenvalue weighted by atomic mass is 16.8. The van der Waals surface area contributed by atoms with Crippen molar-refractivity contribution in [1.82, 2.24) is 5.32 Å². The fraction of sp³-hybridized carbons (Fsp3) is 0.500. The first kappa shape index (κ1) is 6.66. The number of hydrogen-bond acceptors (Lipinski definition) is 4. The Morgan fingerprint density at radius 2 is 2.60 bits per heavy atom. The molecule has 6 nitrogen and oxygen atoms in total. The van der Waals surface area contributed by atoms with E-state index in [4.69, 9.17) is 5.11 Å². The van der Waals surface area contributed by atoms with E-state index in [2.05, 4.69) is 14.8 Å². The van der Waals surface area contributed by atoms with Crippen LogP contribution < -0.4 is 5.32 Å². The molecule has 1 amide bonds. The first-order valence-electron chi connectivity index (χ1n) is 2.52. The van der Waals surface area contributed by atoms with Crippen LogP contribution in [-0.4, -0.2) is 30.2 Å². The van der Waals surface area contributed by atoms with Crippen LogP contribution in [0.15, 0.2) is 0 Å². The molecule has 56 valence electrons. The molecule has 0 bridgehead atoms. The lowest BCUT2D eigenvalue weighted by Crippen LogP contribution is -2.20. The van der Waals surface area contributed by atoms with Gasteiger partial charge in [-0.3, -0.25) is 0 Å². The molecule has 1 aliphatic heterocycles. The average Bonchev–Trinajstić information content (AvgIpc) is 2.13. The maximum Gasteiger partial charge on any atom is 0.508 e. The minimum atomic E-state index is -1.46. The molecule has 1 aliphatic rings. The number of amides is 1. The van der Waals surface area contributed by atoms with E-state index in [0.717, 1.165) is 0 Å². The molecule has 2 N–H and O–H groups in total. The Morgan fingerprint density at radius 3 is 3.00 bits per heavy atom. The van der Waals surface area contributed by atoms with Gasteiger partial charge in [-0.15, -0.1) is 0 Å². The maximum absolute atomic E-state index is 10.2. The van der Waals surface area contributed by atoms with Crippen LogP contribution in [0.2, 0.25) is 0 Å². The Morgan fingerprint density at radius 1 is 1.90 bits per heavy atom. The molecule has 0 aromatic heterocycles. The molecule has 1 heterocycles. The number of rotatable bonds is 1. The van der Waals surface area contributed by atoms with Gasteiger partial charge in [0.25, 0.3) is 6.29 Å². The Bertz CT molecular complexity index is 167. The van der Waals surface area contributed by atoms with Crippen molar-refractivity contribution in [3.05, 3.63) is 0 Å². The van der Waals surface area contributed by atoms with Crippen LogP contribution in [0.25, 0.3) is 0 Å². The van der Waals surface area contributed by atoms with Gasteiger partial charge in [0.2, 0.25) is 0 Å². The van der Waals surface area contributed by atoms with Crippen molar-refractivity contribution >= 4 is 12.2 Å². The minimum Gasteiger partial charge on any atom is -0.450 e. The smallest absolute Gasteiger partial charge is 0.450 e. The number of nitrogens with one attached hydrogen (secondary N) is 1. The zero-order chi connectivity index (χ0) is 7.56. The van der Waals surface area contributed by atoms with Gasteiger partial charge in [0.1, 0.15) is 0 Å². The molecule has 0 aromatic rings. The third-order valence-corrected chi connectivity index (χ3v) is 0.884. The lowest BCUT2D eigenvalue weighted by atomic mass is 10.6. The van der Waals surface area contributed by atoms with Crippen LogP contribution in [0.5, 0.6) is 0 Å². The van der Waals surface area contributed by atoms with Crippen molar-refractivity contribution in [2.75, 3.05) is 6.54 Å². The highest BCUT2D eigenvalue weighted by Gasteiger charge is 2.25. The van der Waals surface area contributed by atoms with E-state index in [-0.39, 0.29) is 6.54 Å². The first-order valence-corrected chi connectivity index (χ1v) is 2.52. The van der Waals surface area contributed by atoms with Crippen molar-refractivity contribution in [1.29, 1.82) is 0 Å². The molecule has 1 atom stereocenters. The number of hydrogen-bond donors (Lipinski definition) is 2. The Hall–Kier alpha value is -1.46. The molecular formula is C4H5NO5. The summed E-state index contributed by atoms with van der Waals surface area (Å²) in [6.07, 6.45) is -3.11. The molecule has 0 saturated carbocycles. The minimum absolute atomic E-state index is 0.0745. The second-order valence-electron chi connectivity index (χ2n) is 1.60. The predicted octanol–water partition coefficient (Wildman–Crippen LogP) is -0.253. The molecule has 1 rings (SSSR count). The molecule has 1 unspecified atom stereocenters. The van der Waals surface area contributed by atoms with Crippen molar-refractivity contribution < 1.29 is 24.2 Å². The molecule has 0 aromatic carbocycles. The normalized spacial score (nSPS) is 23.2. The van der Waals surface area contributed by atoms with Gasteiger partial charge < -0.3 is 19.9 Å². The van der Waals surface area contributed by atoms with Gasteiger partial charge in [-0.2, -0.15) is 0 Å². The van der Waals surface area contributed by atoms with Crippen LogP contribution in [-0.2, 0) is 9.47 Å². The van der Waals surface area contributed by atoms with Crippen LogP contribution in [0, 0.1) is 0 Å². The predicted molar refractivity (Wildman–Crippen MR) is 27.4 cm³/mol. The molecule has 0 aliphatic carbocycles. The van der Waals surface area contributed by atoms with Crippen LogP contribution in [0.3, 0.4) is 0 Å². The summed E-state index contributed by atoms with van der Waals surface area (Å²) in [5.74, 6) is 0. The first-order chi connectivity index (χ1) is 4.68. The molecule has 1 fully saturated rings. The lowest BCUT2D eigenvalue weighted by Gasteiger charge is -2.03. The van der Waals surface area contributed by atoms with E-state index in [1.807, 2.05) is 0 Å². The zero-order valence-electron chi connectivity index (χ0n) is 4.86. The monoisotopic (exact) mass is 147 g/mol. The Balaban J connectivity index is 2.31. The second-order valence-corrected chi connectivity index (χ2v) is 1.60. The van der Waals surface area contributed by atoms with Gasteiger partial charge in [0.15, 0.2) is 0 Å². The largest absolute Gasteiger partial charge is 0.508 e. The summed E-state index contributed by atoms with van der Waals surface area (Å²) >= 11 is 0. The van der Waals surface area contributed by atoms with Crippen molar-refractivity contribution in [2.24, 2.45) is 0 Å². The molecule has 0 spiro atoms. The fourth-order valence-corrected chi connectivity index (χ4v) is 0.548. The third-order valence-electron chi connectivity index (χ3n) is 0.884. The lowest BCUT2D eigenvalue weighted by molar-refractivity contribution is -0.0492. The fourth-order valence-electron chi connectivity index (χ4n) is 0.548. The molecule has 0 radical (unpaired) electrons. The molecule has 10 heavy (non-hydrogen) atoms. The average molecular weight is 147 g/mol. The van der Waals surface area contributed by atoms with Gasteiger partial charge >= 0.3 is 12.2 Å². The maximum atomic E-state index is 10.2. The summed E-state index contributed by atoms with van der Waals surface area (Å²) in [5.41, 5.74) is 0. The van der Waals surface area contributed by atoms with Crippen molar-refractivity contribution in [2.45, 2.75) is 6.29 Å². The summed E-state index contributed by atoms with van der Waals surface area (Å²) < 4.78 is 8.41. The van der Waals surface area contributed by atoms with Crippen LogP contribution in [0.1, 0.15) is 0 Å². The summed E-state index contributed by atoms with van der Waals surface area (Å²) in [7, 11) is 0. The van der Waals surface area contributed by atoms with E-state index in [9.17, 15) is 9.59 Å². The number of carboxylic acid groups (broad SMARTS) is 1. The van der Waals surface area contributed by atoms with Crippen molar-refractivity contribution in [3.8, 4) is 0 Å². The molecule has 1 saturated heterocycles. The van der Waals surface area contributed by atoms with Gasteiger partial charge in [0.05, 0.1) is 6.54 Å². The van der Waals surface area contributed by atoms with E-state index in [1.54, 1.807) is 0 Å². The van der Waals surface area contributed by atoms with Crippen LogP contribution in [0.4, 0.5) is 9.59 Å². The topological polar surface area (TPSA) is 84.9 Å². The molecular weight excluding hydrogens is 142 g/mol. The third kappa shape index (κ3) is 1.51.